The van der Waals surface area contributed by atoms with Gasteiger partial charge >= 0.3 is 0 Å². The van der Waals surface area contributed by atoms with Gasteiger partial charge in [0.15, 0.2) is 0 Å². The van der Waals surface area contributed by atoms with Crippen molar-refractivity contribution in [3.05, 3.63) is 54.6 Å². The molecule has 126 valence electrons. The summed E-state index contributed by atoms with van der Waals surface area (Å²) < 4.78 is 10.8. The Kier molecular flexibility index (Phi) is 13.1. The molecule has 0 saturated carbocycles. The highest BCUT2D eigenvalue weighted by Gasteiger charge is 1.97. The highest BCUT2D eigenvalue weighted by Crippen LogP contribution is 2.21. The van der Waals surface area contributed by atoms with E-state index in [9.17, 15) is 0 Å². The summed E-state index contributed by atoms with van der Waals surface area (Å²) in [6.45, 7) is 7.69. The topological polar surface area (TPSA) is 55.8 Å². The first-order valence-corrected chi connectivity index (χ1v) is 7.75. The van der Waals surface area contributed by atoms with Gasteiger partial charge in [-0.1, -0.05) is 56.3 Å². The first-order chi connectivity index (χ1) is 11.3. The number of rotatable bonds is 6. The van der Waals surface area contributed by atoms with Crippen LogP contribution in [0.5, 0.6) is 5.75 Å². The minimum absolute atomic E-state index is 0.250. The van der Waals surface area contributed by atoms with E-state index in [4.69, 9.17) is 19.4 Å². The Hall–Kier alpha value is -2.33. The van der Waals surface area contributed by atoms with Gasteiger partial charge in [0, 0.05) is 6.61 Å². The Bertz CT molecular complexity index is 495. The van der Waals surface area contributed by atoms with Crippen LogP contribution in [0.25, 0.3) is 11.1 Å². The Morgan fingerprint density at radius 2 is 1.43 bits per heavy atom. The highest BCUT2D eigenvalue weighted by molar-refractivity contribution is 5.63. The lowest BCUT2D eigenvalue weighted by atomic mass is 10.1. The molecule has 0 amide bonds. The van der Waals surface area contributed by atoms with E-state index in [2.05, 4.69) is 24.3 Å². The summed E-state index contributed by atoms with van der Waals surface area (Å²) in [5.74, 6) is 0.884. The average molecular weight is 318 g/mol. The fraction of sp³-hybridized carbons (Fsp3) is 0.316. The molecule has 0 aromatic heterocycles. The number of carbonyl (C=O) groups is 1. The summed E-state index contributed by atoms with van der Waals surface area (Å²) >= 11 is 0. The third-order valence-electron chi connectivity index (χ3n) is 2.66. The van der Waals surface area contributed by atoms with Crippen LogP contribution in [0, 0.1) is 0 Å². The Balaban J connectivity index is 0.000000868. The van der Waals surface area contributed by atoms with Crippen molar-refractivity contribution in [2.24, 2.45) is 0 Å². The highest BCUT2D eigenvalue weighted by atomic mass is 16.5. The zero-order chi connectivity index (χ0) is 17.3. The van der Waals surface area contributed by atoms with Crippen molar-refractivity contribution in [1.29, 1.82) is 0 Å². The fourth-order valence-corrected chi connectivity index (χ4v) is 1.74. The molecule has 0 aliphatic rings. The van der Waals surface area contributed by atoms with Gasteiger partial charge in [-0.15, -0.1) is 0 Å². The molecule has 0 aliphatic carbocycles. The second-order valence-electron chi connectivity index (χ2n) is 4.04. The minimum Gasteiger partial charge on any atom is -0.491 e. The summed E-state index contributed by atoms with van der Waals surface area (Å²) in [6, 6.07) is 18.5. The molecule has 2 aromatic rings. The van der Waals surface area contributed by atoms with Gasteiger partial charge in [0.05, 0.1) is 6.61 Å². The molecule has 0 aliphatic heterocycles. The molecule has 4 heteroatoms. The predicted octanol–water partition coefficient (Wildman–Crippen LogP) is 4.50. The molecule has 23 heavy (non-hydrogen) atoms. The molecule has 0 bridgehead atoms. The quantitative estimate of drug-likeness (QED) is 0.629. The van der Waals surface area contributed by atoms with E-state index in [1.807, 2.05) is 51.1 Å². The summed E-state index contributed by atoms with van der Waals surface area (Å²) in [7, 11) is 0. The van der Waals surface area contributed by atoms with Crippen molar-refractivity contribution in [2.75, 3.05) is 19.8 Å². The predicted molar refractivity (Wildman–Crippen MR) is 93.9 cm³/mol. The maximum Gasteiger partial charge on any atom is 0.290 e. The SMILES string of the molecule is CC.CCOCCOc1ccc(-c2ccccc2)cc1.O=CO. The van der Waals surface area contributed by atoms with E-state index in [0.717, 1.165) is 12.4 Å². The van der Waals surface area contributed by atoms with E-state index in [0.29, 0.717) is 13.2 Å². The lowest BCUT2D eigenvalue weighted by molar-refractivity contribution is -0.122. The summed E-state index contributed by atoms with van der Waals surface area (Å²) in [5, 5.41) is 6.89. The van der Waals surface area contributed by atoms with Crippen LogP contribution in [0.1, 0.15) is 20.8 Å². The van der Waals surface area contributed by atoms with E-state index in [1.165, 1.54) is 11.1 Å². The van der Waals surface area contributed by atoms with Crippen molar-refractivity contribution in [3.63, 3.8) is 0 Å². The molecule has 1 N–H and O–H groups in total. The second-order valence-corrected chi connectivity index (χ2v) is 4.04. The zero-order valence-electron chi connectivity index (χ0n) is 14.1. The largest absolute Gasteiger partial charge is 0.491 e. The lowest BCUT2D eigenvalue weighted by Gasteiger charge is -2.07. The Morgan fingerprint density at radius 3 is 1.96 bits per heavy atom. The van der Waals surface area contributed by atoms with Crippen LogP contribution >= 0.6 is 0 Å². The number of benzene rings is 2. The second kappa shape index (κ2) is 14.6. The molecule has 0 heterocycles. The monoisotopic (exact) mass is 318 g/mol. The van der Waals surface area contributed by atoms with Gasteiger partial charge < -0.3 is 14.6 Å². The van der Waals surface area contributed by atoms with E-state index in [1.54, 1.807) is 0 Å². The van der Waals surface area contributed by atoms with Crippen LogP contribution in [0.3, 0.4) is 0 Å². The number of carboxylic acid groups (broad SMARTS) is 1. The van der Waals surface area contributed by atoms with Crippen molar-refractivity contribution >= 4 is 6.47 Å². The molecule has 0 atom stereocenters. The number of hydrogen-bond donors (Lipinski definition) is 1. The Labute approximate surface area is 138 Å². The van der Waals surface area contributed by atoms with Crippen molar-refractivity contribution < 1.29 is 19.4 Å². The first-order valence-electron chi connectivity index (χ1n) is 7.75. The van der Waals surface area contributed by atoms with Gasteiger partial charge in [-0.2, -0.15) is 0 Å². The van der Waals surface area contributed by atoms with Crippen molar-refractivity contribution in [2.45, 2.75) is 20.8 Å². The smallest absolute Gasteiger partial charge is 0.290 e. The van der Waals surface area contributed by atoms with E-state index < -0.39 is 0 Å². The van der Waals surface area contributed by atoms with Crippen molar-refractivity contribution in [1.82, 2.24) is 0 Å². The lowest BCUT2D eigenvalue weighted by Crippen LogP contribution is -2.06. The normalized spacial score (nSPS) is 8.83. The molecule has 0 radical (unpaired) electrons. The van der Waals surface area contributed by atoms with Crippen LogP contribution in [0.15, 0.2) is 54.6 Å². The third-order valence-corrected chi connectivity index (χ3v) is 2.66. The molecule has 0 unspecified atom stereocenters. The molecule has 4 nitrogen and oxygen atoms in total. The van der Waals surface area contributed by atoms with Gasteiger partial charge in [0.25, 0.3) is 6.47 Å². The zero-order valence-corrected chi connectivity index (χ0v) is 14.1. The summed E-state index contributed by atoms with van der Waals surface area (Å²) in [4.78, 5) is 8.36. The van der Waals surface area contributed by atoms with Crippen LogP contribution in [-0.4, -0.2) is 31.4 Å². The Morgan fingerprint density at radius 1 is 0.913 bits per heavy atom. The maximum absolute atomic E-state index is 8.36. The van der Waals surface area contributed by atoms with Gasteiger partial charge in [0.2, 0.25) is 0 Å². The average Bonchev–Trinajstić information content (AvgIpc) is 2.62. The summed E-state index contributed by atoms with van der Waals surface area (Å²) in [5.41, 5.74) is 2.42. The van der Waals surface area contributed by atoms with Crippen LogP contribution in [-0.2, 0) is 9.53 Å². The van der Waals surface area contributed by atoms with E-state index >= 15 is 0 Å². The molecule has 0 saturated heterocycles. The van der Waals surface area contributed by atoms with E-state index in [-0.39, 0.29) is 6.47 Å². The third kappa shape index (κ3) is 9.32. The molecule has 2 aromatic carbocycles. The number of ether oxygens (including phenoxy) is 2. The van der Waals surface area contributed by atoms with Crippen molar-refractivity contribution in [3.8, 4) is 16.9 Å². The van der Waals surface area contributed by atoms with Gasteiger partial charge in [-0.05, 0) is 30.2 Å². The first kappa shape index (κ1) is 20.7. The number of hydrogen-bond acceptors (Lipinski definition) is 3. The minimum atomic E-state index is -0.250. The summed E-state index contributed by atoms with van der Waals surface area (Å²) in [6.07, 6.45) is 0. The van der Waals surface area contributed by atoms with Crippen LogP contribution < -0.4 is 4.74 Å². The fourth-order valence-electron chi connectivity index (χ4n) is 1.74. The maximum atomic E-state index is 8.36. The van der Waals surface area contributed by atoms with Gasteiger partial charge in [0.1, 0.15) is 12.4 Å². The molecule has 2 rings (SSSR count). The molecule has 0 fully saturated rings. The standard InChI is InChI=1S/C16H18O2.C2H6.CH2O2/c1-2-17-12-13-18-16-10-8-15(9-11-16)14-6-4-3-5-7-14;1-2;2-1-3/h3-11H,2,12-13H2,1H3;1-2H3;1H,(H,2,3). The van der Waals surface area contributed by atoms with Gasteiger partial charge in [-0.25, -0.2) is 0 Å². The van der Waals surface area contributed by atoms with Crippen LogP contribution in [0.2, 0.25) is 0 Å². The van der Waals surface area contributed by atoms with Crippen LogP contribution in [0.4, 0.5) is 0 Å². The molecular formula is C19H26O4. The van der Waals surface area contributed by atoms with Gasteiger partial charge in [-0.3, -0.25) is 4.79 Å². The molecular weight excluding hydrogens is 292 g/mol. The molecule has 0 spiro atoms.